The Hall–Kier alpha value is -0.420. The van der Waals surface area contributed by atoms with Crippen molar-refractivity contribution in [2.24, 2.45) is 5.41 Å². The summed E-state index contributed by atoms with van der Waals surface area (Å²) in [4.78, 5) is 18.2. The van der Waals surface area contributed by atoms with Gasteiger partial charge in [0.1, 0.15) is 0 Å². The molecule has 0 amide bonds. The number of rotatable bonds is 8. The molecule has 0 radical (unpaired) electrons. The minimum absolute atomic E-state index is 0.0880. The van der Waals surface area contributed by atoms with Crippen molar-refractivity contribution in [2.45, 2.75) is 44.7 Å². The Morgan fingerprint density at radius 3 is 2.56 bits per heavy atom. The molecule has 0 aromatic carbocycles. The van der Waals surface area contributed by atoms with E-state index < -0.39 is 0 Å². The molecule has 0 unspecified atom stereocenters. The zero-order chi connectivity index (χ0) is 13.4. The third kappa shape index (κ3) is 4.69. The van der Waals surface area contributed by atoms with Crippen LogP contribution in [0.5, 0.6) is 0 Å². The van der Waals surface area contributed by atoms with E-state index in [9.17, 15) is 4.79 Å². The summed E-state index contributed by atoms with van der Waals surface area (Å²) >= 11 is 6.16. The van der Waals surface area contributed by atoms with Gasteiger partial charge in [0.15, 0.2) is 5.16 Å². The fourth-order valence-corrected chi connectivity index (χ4v) is 3.90. The fraction of sp³-hybridized carbons (Fsp3) is 0.692. The quantitative estimate of drug-likeness (QED) is 0.437. The number of thiol groups is 1. The van der Waals surface area contributed by atoms with E-state index in [1.54, 1.807) is 18.0 Å². The molecule has 0 aliphatic carbocycles. The summed E-state index contributed by atoms with van der Waals surface area (Å²) in [6, 6.07) is 1.44. The van der Waals surface area contributed by atoms with Gasteiger partial charge in [0, 0.05) is 18.0 Å². The number of H-pyrrole nitrogens is 1. The largest absolute Gasteiger partial charge is 0.301 e. The summed E-state index contributed by atoms with van der Waals surface area (Å²) < 4.78 is 0. The molecule has 0 saturated heterocycles. The van der Waals surface area contributed by atoms with E-state index in [4.69, 9.17) is 0 Å². The maximum atomic E-state index is 11.2. The molecule has 5 heteroatoms. The molecule has 1 aromatic heterocycles. The van der Waals surface area contributed by atoms with Crippen LogP contribution in [0.2, 0.25) is 0 Å². The van der Waals surface area contributed by atoms with Crippen LogP contribution in [0, 0.1) is 5.41 Å². The molecule has 1 N–H and O–H groups in total. The first-order valence-corrected chi connectivity index (χ1v) is 8.06. The number of hydrogen-bond acceptors (Lipinski definition) is 4. The lowest BCUT2D eigenvalue weighted by molar-refractivity contribution is 0.318. The van der Waals surface area contributed by atoms with Gasteiger partial charge in [-0.15, -0.1) is 0 Å². The van der Waals surface area contributed by atoms with Gasteiger partial charge in [-0.25, -0.2) is 4.98 Å². The molecule has 1 rings (SSSR count). The summed E-state index contributed by atoms with van der Waals surface area (Å²) in [5.41, 5.74) is 0.168. The third-order valence-corrected chi connectivity index (χ3v) is 4.97. The Kier molecular flexibility index (Phi) is 6.86. The normalized spacial score (nSPS) is 11.7. The van der Waals surface area contributed by atoms with Crippen molar-refractivity contribution < 1.29 is 0 Å². The fourth-order valence-electron chi connectivity index (χ4n) is 2.18. The van der Waals surface area contributed by atoms with Gasteiger partial charge in [-0.2, -0.15) is 12.6 Å². The predicted molar refractivity (Wildman–Crippen MR) is 81.7 cm³/mol. The Morgan fingerprint density at radius 2 is 2.06 bits per heavy atom. The first kappa shape index (κ1) is 15.6. The molecular weight excluding hydrogens is 264 g/mol. The van der Waals surface area contributed by atoms with Crippen LogP contribution in [-0.2, 0) is 0 Å². The second kappa shape index (κ2) is 7.89. The van der Waals surface area contributed by atoms with Crippen LogP contribution in [0.3, 0.4) is 0 Å². The summed E-state index contributed by atoms with van der Waals surface area (Å²) in [7, 11) is 0. The van der Waals surface area contributed by atoms with Gasteiger partial charge in [-0.05, 0) is 24.0 Å². The van der Waals surface area contributed by atoms with Gasteiger partial charge < -0.3 is 4.98 Å². The molecule has 0 fully saturated rings. The van der Waals surface area contributed by atoms with Crippen LogP contribution >= 0.6 is 24.4 Å². The van der Waals surface area contributed by atoms with Crippen molar-refractivity contribution >= 4 is 24.4 Å². The van der Waals surface area contributed by atoms with Crippen LogP contribution in [-0.4, -0.2) is 21.5 Å². The Labute approximate surface area is 119 Å². The monoisotopic (exact) mass is 286 g/mol. The standard InChI is InChI=1S/C13H22N2OS2/c1-3-6-13(9-17,7-4-2)10-18-12-14-8-5-11(16)15-12/h5,8,17H,3-4,6-7,9-10H2,1-2H3,(H,14,15,16). The molecule has 0 aliphatic heterocycles. The summed E-state index contributed by atoms with van der Waals surface area (Å²) in [5, 5.41) is 0.709. The van der Waals surface area contributed by atoms with Crippen LogP contribution in [0.1, 0.15) is 39.5 Å². The lowest BCUT2D eigenvalue weighted by Crippen LogP contribution is -2.26. The van der Waals surface area contributed by atoms with Gasteiger partial charge in [0.2, 0.25) is 0 Å². The number of hydrogen-bond donors (Lipinski definition) is 2. The topological polar surface area (TPSA) is 45.8 Å². The molecule has 1 aromatic rings. The first-order valence-electron chi connectivity index (χ1n) is 6.45. The molecule has 3 nitrogen and oxygen atoms in total. The highest BCUT2D eigenvalue weighted by atomic mass is 32.2. The van der Waals surface area contributed by atoms with Crippen molar-refractivity contribution in [2.75, 3.05) is 11.5 Å². The predicted octanol–water partition coefficient (Wildman–Crippen LogP) is 3.38. The Morgan fingerprint density at radius 1 is 1.39 bits per heavy atom. The van der Waals surface area contributed by atoms with Crippen LogP contribution in [0.25, 0.3) is 0 Å². The second-order valence-electron chi connectivity index (χ2n) is 4.69. The van der Waals surface area contributed by atoms with E-state index >= 15 is 0 Å². The molecular formula is C13H22N2OS2. The van der Waals surface area contributed by atoms with E-state index in [0.29, 0.717) is 5.16 Å². The number of thioether (sulfide) groups is 1. The molecule has 0 saturated carbocycles. The van der Waals surface area contributed by atoms with E-state index in [-0.39, 0.29) is 11.0 Å². The zero-order valence-corrected chi connectivity index (χ0v) is 12.8. The molecule has 18 heavy (non-hydrogen) atoms. The molecule has 0 bridgehead atoms. The minimum atomic E-state index is -0.0880. The zero-order valence-electron chi connectivity index (χ0n) is 11.1. The number of aromatic amines is 1. The molecule has 0 spiro atoms. The van der Waals surface area contributed by atoms with Crippen LogP contribution in [0.4, 0.5) is 0 Å². The highest BCUT2D eigenvalue weighted by molar-refractivity contribution is 7.99. The van der Waals surface area contributed by atoms with E-state index in [2.05, 4.69) is 36.4 Å². The van der Waals surface area contributed by atoms with Crippen molar-refractivity contribution in [3.8, 4) is 0 Å². The van der Waals surface area contributed by atoms with Crippen molar-refractivity contribution in [3.05, 3.63) is 22.6 Å². The van der Waals surface area contributed by atoms with Gasteiger partial charge in [0.25, 0.3) is 5.56 Å². The highest BCUT2D eigenvalue weighted by Gasteiger charge is 2.27. The SMILES string of the molecule is CCCC(CS)(CCC)CSc1nccc(=O)[nH]1. The lowest BCUT2D eigenvalue weighted by atomic mass is 9.83. The van der Waals surface area contributed by atoms with Crippen LogP contribution in [0.15, 0.2) is 22.2 Å². The third-order valence-electron chi connectivity index (χ3n) is 3.06. The van der Waals surface area contributed by atoms with E-state index in [1.807, 2.05) is 0 Å². The van der Waals surface area contributed by atoms with Gasteiger partial charge in [-0.1, -0.05) is 38.5 Å². The smallest absolute Gasteiger partial charge is 0.251 e. The molecule has 102 valence electrons. The Bertz CT molecular complexity index is 400. The number of aromatic nitrogens is 2. The highest BCUT2D eigenvalue weighted by Crippen LogP contribution is 2.36. The van der Waals surface area contributed by atoms with E-state index in [0.717, 1.165) is 11.5 Å². The molecule has 0 aliphatic rings. The van der Waals surface area contributed by atoms with Crippen LogP contribution < -0.4 is 5.56 Å². The first-order chi connectivity index (χ1) is 8.65. The number of nitrogens with one attached hydrogen (secondary N) is 1. The average molecular weight is 286 g/mol. The van der Waals surface area contributed by atoms with Gasteiger partial charge in [-0.3, -0.25) is 4.79 Å². The lowest BCUT2D eigenvalue weighted by Gasteiger charge is -2.31. The van der Waals surface area contributed by atoms with E-state index in [1.165, 1.54) is 31.7 Å². The number of nitrogens with zero attached hydrogens (tertiary/aromatic N) is 1. The summed E-state index contributed by atoms with van der Waals surface area (Å²) in [5.74, 6) is 1.85. The average Bonchev–Trinajstić information content (AvgIpc) is 2.37. The van der Waals surface area contributed by atoms with Crippen molar-refractivity contribution in [1.29, 1.82) is 0 Å². The second-order valence-corrected chi connectivity index (χ2v) is 5.97. The maximum absolute atomic E-state index is 11.2. The maximum Gasteiger partial charge on any atom is 0.251 e. The Balaban J connectivity index is 2.69. The molecule has 0 atom stereocenters. The van der Waals surface area contributed by atoms with Gasteiger partial charge in [0.05, 0.1) is 0 Å². The van der Waals surface area contributed by atoms with Crippen molar-refractivity contribution in [3.63, 3.8) is 0 Å². The van der Waals surface area contributed by atoms with Gasteiger partial charge >= 0.3 is 0 Å². The minimum Gasteiger partial charge on any atom is -0.301 e. The van der Waals surface area contributed by atoms with Crippen molar-refractivity contribution in [1.82, 2.24) is 9.97 Å². The summed E-state index contributed by atoms with van der Waals surface area (Å²) in [6.07, 6.45) is 6.24. The molecule has 1 heterocycles. The summed E-state index contributed by atoms with van der Waals surface area (Å²) in [6.45, 7) is 4.42.